The molecule has 1 aromatic carbocycles. The first-order chi connectivity index (χ1) is 17.0. The third kappa shape index (κ3) is 4.20. The number of pyridine rings is 1. The van der Waals surface area contributed by atoms with Crippen molar-refractivity contribution < 1.29 is 0 Å². The SMILES string of the molecule is CNC1(C)CCC(n2ncc(-c3cc(Sc4ccccc4C#N)c4c(C#N)cnn4c3)c2C)CC1. The molecule has 1 aliphatic rings. The van der Waals surface area contributed by atoms with E-state index >= 15 is 0 Å². The molecule has 1 N–H and O–H groups in total. The van der Waals surface area contributed by atoms with Gasteiger partial charge in [-0.25, -0.2) is 4.52 Å². The normalized spacial score (nSPS) is 20.0. The maximum atomic E-state index is 9.67. The summed E-state index contributed by atoms with van der Waals surface area (Å²) in [6, 6.07) is 14.5. The predicted octanol–water partition coefficient (Wildman–Crippen LogP) is 5.49. The number of hydrogen-bond acceptors (Lipinski definition) is 6. The second-order valence-electron chi connectivity index (χ2n) is 9.40. The van der Waals surface area contributed by atoms with E-state index in [9.17, 15) is 10.5 Å². The first-order valence-electron chi connectivity index (χ1n) is 11.8. The average Bonchev–Trinajstić information content (AvgIpc) is 3.48. The van der Waals surface area contributed by atoms with Crippen molar-refractivity contribution in [3.05, 3.63) is 65.7 Å². The molecule has 7 nitrogen and oxygen atoms in total. The fourth-order valence-electron chi connectivity index (χ4n) is 4.97. The highest BCUT2D eigenvalue weighted by Gasteiger charge is 2.31. The zero-order chi connectivity index (χ0) is 24.6. The van der Waals surface area contributed by atoms with Crippen molar-refractivity contribution in [3.8, 4) is 23.3 Å². The number of nitrogens with one attached hydrogen (secondary N) is 1. The molecule has 176 valence electrons. The summed E-state index contributed by atoms with van der Waals surface area (Å²) in [5, 5.41) is 32.0. The molecule has 8 heteroatoms. The van der Waals surface area contributed by atoms with Gasteiger partial charge in [0.05, 0.1) is 35.1 Å². The van der Waals surface area contributed by atoms with E-state index in [0.717, 1.165) is 57.8 Å². The molecule has 35 heavy (non-hydrogen) atoms. The Labute approximate surface area is 209 Å². The third-order valence-electron chi connectivity index (χ3n) is 7.29. The summed E-state index contributed by atoms with van der Waals surface area (Å²) in [4.78, 5) is 1.73. The van der Waals surface area contributed by atoms with Gasteiger partial charge in [0, 0.05) is 38.3 Å². The van der Waals surface area contributed by atoms with Gasteiger partial charge in [-0.3, -0.25) is 4.68 Å². The fraction of sp³-hybridized carbons (Fsp3) is 0.333. The highest BCUT2D eigenvalue weighted by molar-refractivity contribution is 7.99. The van der Waals surface area contributed by atoms with E-state index in [2.05, 4.69) is 47.1 Å². The topological polar surface area (TPSA) is 94.7 Å². The monoisotopic (exact) mass is 481 g/mol. The van der Waals surface area contributed by atoms with Gasteiger partial charge in [0.15, 0.2) is 0 Å². The second kappa shape index (κ2) is 9.22. The summed E-state index contributed by atoms with van der Waals surface area (Å²) in [6.07, 6.45) is 9.93. The summed E-state index contributed by atoms with van der Waals surface area (Å²) in [5.74, 6) is 0. The number of aromatic nitrogens is 4. The largest absolute Gasteiger partial charge is 0.315 e. The Morgan fingerprint density at radius 2 is 1.80 bits per heavy atom. The minimum absolute atomic E-state index is 0.204. The Hall–Kier alpha value is -3.59. The Balaban J connectivity index is 1.55. The van der Waals surface area contributed by atoms with E-state index in [1.54, 1.807) is 10.7 Å². The van der Waals surface area contributed by atoms with E-state index in [-0.39, 0.29) is 5.54 Å². The summed E-state index contributed by atoms with van der Waals surface area (Å²) < 4.78 is 3.94. The Bertz CT molecular complexity index is 1480. The van der Waals surface area contributed by atoms with Crippen molar-refractivity contribution in [1.82, 2.24) is 24.7 Å². The van der Waals surface area contributed by atoms with E-state index in [0.29, 0.717) is 17.2 Å². The molecule has 1 fully saturated rings. The smallest absolute Gasteiger partial charge is 0.103 e. The van der Waals surface area contributed by atoms with Crippen molar-refractivity contribution in [1.29, 1.82) is 10.5 Å². The molecule has 1 saturated carbocycles. The van der Waals surface area contributed by atoms with Crippen molar-refractivity contribution in [2.45, 2.75) is 60.9 Å². The van der Waals surface area contributed by atoms with Crippen LogP contribution in [0.1, 0.15) is 55.5 Å². The maximum Gasteiger partial charge on any atom is 0.103 e. The zero-order valence-corrected chi connectivity index (χ0v) is 20.9. The van der Waals surface area contributed by atoms with Crippen LogP contribution in [0.3, 0.4) is 0 Å². The third-order valence-corrected chi connectivity index (χ3v) is 8.40. The number of fused-ring (bicyclic) bond motifs is 1. The fourth-order valence-corrected chi connectivity index (χ4v) is 6.06. The molecule has 5 rings (SSSR count). The summed E-state index contributed by atoms with van der Waals surface area (Å²) in [7, 11) is 2.05. The van der Waals surface area contributed by atoms with Gasteiger partial charge in [0.2, 0.25) is 0 Å². The Kier molecular flexibility index (Phi) is 6.10. The maximum absolute atomic E-state index is 9.67. The van der Waals surface area contributed by atoms with Crippen LogP contribution in [0.4, 0.5) is 0 Å². The molecular formula is C27H27N7S. The standard InChI is InChI=1S/C27H27N7S/c1-18-23(16-32-34(18)22-8-10-27(2,30-3)11-9-22)20-12-25(26-21(14-29)15-31-33(26)17-20)35-24-7-5-4-6-19(24)13-28/h4-7,12,15-17,22,30H,8-11H2,1-3H3. The lowest BCUT2D eigenvalue weighted by Gasteiger charge is -2.37. The molecule has 4 aromatic rings. The van der Waals surface area contributed by atoms with Gasteiger partial charge in [-0.1, -0.05) is 23.9 Å². The van der Waals surface area contributed by atoms with Crippen molar-refractivity contribution in [3.63, 3.8) is 0 Å². The Morgan fingerprint density at radius 1 is 1.06 bits per heavy atom. The average molecular weight is 482 g/mol. The Morgan fingerprint density at radius 3 is 2.51 bits per heavy atom. The summed E-state index contributed by atoms with van der Waals surface area (Å²) in [6.45, 7) is 4.42. The van der Waals surface area contributed by atoms with E-state index in [1.807, 2.05) is 43.7 Å². The van der Waals surface area contributed by atoms with Crippen molar-refractivity contribution in [2.75, 3.05) is 7.05 Å². The van der Waals surface area contributed by atoms with Crippen LogP contribution in [0.15, 0.2) is 58.7 Å². The van der Waals surface area contributed by atoms with Crippen LogP contribution >= 0.6 is 11.8 Å². The molecule has 0 bridgehead atoms. The molecule has 0 amide bonds. The molecule has 0 unspecified atom stereocenters. The van der Waals surface area contributed by atoms with Gasteiger partial charge in [-0.05, 0) is 64.8 Å². The lowest BCUT2D eigenvalue weighted by atomic mass is 9.81. The molecule has 1 aliphatic carbocycles. The first kappa shape index (κ1) is 23.2. The molecule has 0 spiro atoms. The number of hydrogen-bond donors (Lipinski definition) is 1. The lowest BCUT2D eigenvalue weighted by Crippen LogP contribution is -2.43. The highest BCUT2D eigenvalue weighted by atomic mass is 32.2. The first-order valence-corrected chi connectivity index (χ1v) is 12.6. The van der Waals surface area contributed by atoms with Gasteiger partial charge in [-0.2, -0.15) is 20.7 Å². The van der Waals surface area contributed by atoms with Crippen LogP contribution in [-0.2, 0) is 0 Å². The summed E-state index contributed by atoms with van der Waals surface area (Å²) in [5.41, 5.74) is 5.24. The van der Waals surface area contributed by atoms with Crippen LogP contribution < -0.4 is 5.32 Å². The highest BCUT2D eigenvalue weighted by Crippen LogP contribution is 2.39. The quantitative estimate of drug-likeness (QED) is 0.405. The molecule has 0 radical (unpaired) electrons. The number of nitrogens with zero attached hydrogens (tertiary/aromatic N) is 6. The van der Waals surface area contributed by atoms with Crippen LogP contribution in [0, 0.1) is 29.6 Å². The molecule has 0 aliphatic heterocycles. The minimum atomic E-state index is 0.204. The van der Waals surface area contributed by atoms with E-state index in [4.69, 9.17) is 5.10 Å². The molecule has 0 atom stereocenters. The molecule has 0 saturated heterocycles. The predicted molar refractivity (Wildman–Crippen MR) is 136 cm³/mol. The van der Waals surface area contributed by atoms with Gasteiger partial charge >= 0.3 is 0 Å². The van der Waals surface area contributed by atoms with Crippen LogP contribution in [-0.4, -0.2) is 32.0 Å². The summed E-state index contributed by atoms with van der Waals surface area (Å²) >= 11 is 1.49. The van der Waals surface area contributed by atoms with Gasteiger partial charge < -0.3 is 5.32 Å². The van der Waals surface area contributed by atoms with Crippen LogP contribution in [0.2, 0.25) is 0 Å². The van der Waals surface area contributed by atoms with Crippen molar-refractivity contribution in [2.24, 2.45) is 0 Å². The van der Waals surface area contributed by atoms with Crippen LogP contribution in [0.5, 0.6) is 0 Å². The second-order valence-corrected chi connectivity index (χ2v) is 10.5. The minimum Gasteiger partial charge on any atom is -0.315 e. The van der Waals surface area contributed by atoms with Gasteiger partial charge in [0.25, 0.3) is 0 Å². The number of rotatable bonds is 5. The number of nitriles is 2. The van der Waals surface area contributed by atoms with Crippen molar-refractivity contribution >= 4 is 17.3 Å². The van der Waals surface area contributed by atoms with E-state index in [1.165, 1.54) is 11.8 Å². The van der Waals surface area contributed by atoms with Gasteiger partial charge in [0.1, 0.15) is 12.1 Å². The lowest BCUT2D eigenvalue weighted by molar-refractivity contribution is 0.208. The number of benzene rings is 1. The molecule has 3 aromatic heterocycles. The van der Waals surface area contributed by atoms with E-state index < -0.39 is 0 Å². The molecule has 3 heterocycles. The van der Waals surface area contributed by atoms with Gasteiger partial charge in [-0.15, -0.1) is 0 Å². The molecular weight excluding hydrogens is 454 g/mol. The zero-order valence-electron chi connectivity index (χ0n) is 20.1. The van der Waals surface area contributed by atoms with Crippen LogP contribution in [0.25, 0.3) is 16.6 Å².